The molecule has 0 saturated carbocycles. The Balaban J connectivity index is 1.94. The van der Waals surface area contributed by atoms with Gasteiger partial charge in [-0.1, -0.05) is 19.1 Å². The van der Waals surface area contributed by atoms with E-state index in [2.05, 4.69) is 15.6 Å². The molecule has 3 N–H and O–H groups in total. The van der Waals surface area contributed by atoms with Crippen LogP contribution in [-0.4, -0.2) is 36.4 Å². The van der Waals surface area contributed by atoms with Gasteiger partial charge < -0.3 is 15.5 Å². The number of carbonyl (C=O) groups excluding carboxylic acids is 2. The summed E-state index contributed by atoms with van der Waals surface area (Å²) in [6, 6.07) is 7.84. The summed E-state index contributed by atoms with van der Waals surface area (Å²) in [5.74, 6) is 0.0557. The molecule has 26 heavy (non-hydrogen) atoms. The van der Waals surface area contributed by atoms with E-state index in [0.717, 1.165) is 26.9 Å². The fraction of sp³-hybridized carbons (Fsp3) is 0.421. The normalized spacial score (nSPS) is 12.0. The first-order valence-electron chi connectivity index (χ1n) is 8.82. The van der Waals surface area contributed by atoms with Crippen molar-refractivity contribution in [2.24, 2.45) is 0 Å². The maximum Gasteiger partial charge on any atom is 0.275 e. The van der Waals surface area contributed by atoms with Gasteiger partial charge in [-0.2, -0.15) is 0 Å². The predicted octanol–water partition coefficient (Wildman–Crippen LogP) is 1.70. The number of quaternary nitrogens is 1. The highest BCUT2D eigenvalue weighted by atomic mass is 32.1. The van der Waals surface area contributed by atoms with E-state index < -0.39 is 0 Å². The van der Waals surface area contributed by atoms with Crippen LogP contribution in [0.3, 0.4) is 0 Å². The highest BCUT2D eigenvalue weighted by molar-refractivity contribution is 7.09. The largest absolute Gasteiger partial charge is 0.349 e. The standard InChI is InChI=1S/C19H26N4O2S/c1-5-17(24)21-15-8-6-14(7-9-15)16-12-26-19(22-16)11-23(4)10-18(25)20-13(2)3/h6-9,12-13H,5,10-11H2,1-4H3,(H,20,25)(H,21,24)/p+1. The van der Waals surface area contributed by atoms with Crippen LogP contribution >= 0.6 is 11.3 Å². The molecule has 0 spiro atoms. The van der Waals surface area contributed by atoms with Crippen LogP contribution in [0.1, 0.15) is 32.2 Å². The van der Waals surface area contributed by atoms with E-state index in [4.69, 9.17) is 0 Å². The Kier molecular flexibility index (Phi) is 7.29. The molecule has 1 atom stereocenters. The van der Waals surface area contributed by atoms with Crippen molar-refractivity contribution in [2.45, 2.75) is 39.8 Å². The highest BCUT2D eigenvalue weighted by Gasteiger charge is 2.14. The van der Waals surface area contributed by atoms with Gasteiger partial charge in [0.15, 0.2) is 6.54 Å². The molecule has 2 amide bonds. The maximum atomic E-state index is 11.8. The van der Waals surface area contributed by atoms with Crippen LogP contribution in [-0.2, 0) is 16.1 Å². The van der Waals surface area contributed by atoms with Gasteiger partial charge in [-0.15, -0.1) is 11.3 Å². The van der Waals surface area contributed by atoms with Crippen molar-refractivity contribution in [1.29, 1.82) is 0 Å². The van der Waals surface area contributed by atoms with Gasteiger partial charge in [0.25, 0.3) is 5.91 Å². The second-order valence-corrected chi connectivity index (χ2v) is 7.58. The summed E-state index contributed by atoms with van der Waals surface area (Å²) < 4.78 is 0. The highest BCUT2D eigenvalue weighted by Crippen LogP contribution is 2.23. The van der Waals surface area contributed by atoms with Crippen LogP contribution in [0.2, 0.25) is 0 Å². The number of rotatable bonds is 8. The molecule has 2 rings (SSSR count). The molecule has 1 aromatic carbocycles. The third-order valence-electron chi connectivity index (χ3n) is 3.70. The average molecular weight is 376 g/mol. The monoisotopic (exact) mass is 375 g/mol. The molecule has 0 aliphatic heterocycles. The van der Waals surface area contributed by atoms with Crippen molar-refractivity contribution >= 4 is 28.8 Å². The average Bonchev–Trinajstić information content (AvgIpc) is 3.02. The zero-order valence-electron chi connectivity index (χ0n) is 15.8. The van der Waals surface area contributed by atoms with Gasteiger partial charge in [0.2, 0.25) is 5.91 Å². The summed E-state index contributed by atoms with van der Waals surface area (Å²) in [6.45, 7) is 6.88. The number of nitrogens with zero attached hydrogens (tertiary/aromatic N) is 1. The number of nitrogens with one attached hydrogen (secondary N) is 3. The fourth-order valence-electron chi connectivity index (χ4n) is 2.47. The van der Waals surface area contributed by atoms with Crippen molar-refractivity contribution in [3.8, 4) is 11.3 Å². The van der Waals surface area contributed by atoms with Crippen LogP contribution < -0.4 is 15.5 Å². The van der Waals surface area contributed by atoms with Crippen LogP contribution in [0.4, 0.5) is 5.69 Å². The Labute approximate surface area is 158 Å². The lowest BCUT2D eigenvalue weighted by Crippen LogP contribution is -3.09. The first-order valence-corrected chi connectivity index (χ1v) is 9.70. The van der Waals surface area contributed by atoms with Crippen LogP contribution in [0.25, 0.3) is 11.3 Å². The van der Waals surface area contributed by atoms with Gasteiger partial charge in [0, 0.05) is 29.1 Å². The lowest BCUT2D eigenvalue weighted by atomic mass is 10.1. The first-order chi connectivity index (χ1) is 12.4. The van der Waals surface area contributed by atoms with Crippen LogP contribution in [0.5, 0.6) is 0 Å². The Bertz CT molecular complexity index is 740. The molecule has 0 fully saturated rings. The topological polar surface area (TPSA) is 75.5 Å². The number of hydrogen-bond donors (Lipinski definition) is 3. The minimum atomic E-state index is 0.00112. The quantitative estimate of drug-likeness (QED) is 0.657. The van der Waals surface area contributed by atoms with Crippen molar-refractivity contribution in [1.82, 2.24) is 10.3 Å². The summed E-state index contributed by atoms with van der Waals surface area (Å²) in [6.07, 6.45) is 0.461. The van der Waals surface area contributed by atoms with Gasteiger partial charge in [0.1, 0.15) is 11.6 Å². The predicted molar refractivity (Wildman–Crippen MR) is 105 cm³/mol. The summed E-state index contributed by atoms with van der Waals surface area (Å²) in [4.78, 5) is 29.0. The maximum absolute atomic E-state index is 11.8. The number of aromatic nitrogens is 1. The number of likely N-dealkylation sites (N-methyl/N-ethyl adjacent to an activating group) is 1. The smallest absolute Gasteiger partial charge is 0.275 e. The van der Waals surface area contributed by atoms with Crippen molar-refractivity contribution < 1.29 is 14.5 Å². The fourth-order valence-corrected chi connectivity index (χ4v) is 3.38. The van der Waals surface area contributed by atoms with Gasteiger partial charge in [0.05, 0.1) is 12.7 Å². The van der Waals surface area contributed by atoms with Crippen LogP contribution in [0.15, 0.2) is 29.6 Å². The third-order valence-corrected chi connectivity index (χ3v) is 4.55. The molecule has 0 saturated heterocycles. The van der Waals surface area contributed by atoms with E-state index in [9.17, 15) is 9.59 Å². The second kappa shape index (κ2) is 9.45. The molecule has 0 radical (unpaired) electrons. The van der Waals surface area contributed by atoms with Gasteiger partial charge >= 0.3 is 0 Å². The Morgan fingerprint density at radius 2 is 1.88 bits per heavy atom. The molecule has 0 bridgehead atoms. The van der Waals surface area contributed by atoms with Crippen molar-refractivity contribution in [2.75, 3.05) is 18.9 Å². The summed E-state index contributed by atoms with van der Waals surface area (Å²) >= 11 is 1.60. The third kappa shape index (κ3) is 6.24. The van der Waals surface area contributed by atoms with E-state index in [1.165, 1.54) is 0 Å². The molecular formula is C19H27N4O2S+. The van der Waals surface area contributed by atoms with Gasteiger partial charge in [-0.05, 0) is 26.0 Å². The lowest BCUT2D eigenvalue weighted by molar-refractivity contribution is -0.885. The number of carbonyl (C=O) groups is 2. The summed E-state index contributed by atoms with van der Waals surface area (Å²) in [5.41, 5.74) is 2.71. The van der Waals surface area contributed by atoms with E-state index in [1.54, 1.807) is 11.3 Å². The van der Waals surface area contributed by atoms with Crippen LogP contribution in [0, 0.1) is 0 Å². The number of anilines is 1. The number of benzene rings is 1. The number of amides is 2. The Morgan fingerprint density at radius 3 is 2.50 bits per heavy atom. The molecule has 1 unspecified atom stereocenters. The zero-order chi connectivity index (χ0) is 19.1. The van der Waals surface area contributed by atoms with E-state index in [0.29, 0.717) is 19.5 Å². The molecule has 6 nitrogen and oxygen atoms in total. The summed E-state index contributed by atoms with van der Waals surface area (Å²) in [7, 11) is 1.99. The first kappa shape index (κ1) is 20.1. The Hall–Kier alpha value is -2.25. The molecule has 7 heteroatoms. The van der Waals surface area contributed by atoms with Gasteiger partial charge in [-0.3, -0.25) is 9.59 Å². The zero-order valence-corrected chi connectivity index (χ0v) is 16.6. The molecule has 0 aliphatic carbocycles. The lowest BCUT2D eigenvalue weighted by Gasteiger charge is -2.13. The van der Waals surface area contributed by atoms with Gasteiger partial charge in [-0.25, -0.2) is 4.98 Å². The van der Waals surface area contributed by atoms with Crippen molar-refractivity contribution in [3.63, 3.8) is 0 Å². The molecule has 0 aliphatic rings. The summed E-state index contributed by atoms with van der Waals surface area (Å²) in [5, 5.41) is 8.76. The molecule has 140 valence electrons. The minimum Gasteiger partial charge on any atom is -0.349 e. The van der Waals surface area contributed by atoms with E-state index in [1.807, 2.05) is 57.5 Å². The molecule has 1 heterocycles. The molecular weight excluding hydrogens is 348 g/mol. The number of hydrogen-bond acceptors (Lipinski definition) is 4. The van der Waals surface area contributed by atoms with E-state index in [-0.39, 0.29) is 17.9 Å². The molecule has 2 aromatic rings. The SMILES string of the molecule is CCC(=O)Nc1ccc(-c2csc(C[NH+](C)CC(=O)NC(C)C)n2)cc1. The van der Waals surface area contributed by atoms with Crippen molar-refractivity contribution in [3.05, 3.63) is 34.7 Å². The minimum absolute atomic E-state index is 0.00112. The molecule has 1 aromatic heterocycles. The second-order valence-electron chi connectivity index (χ2n) is 6.64. The number of thiazole rings is 1. The Morgan fingerprint density at radius 1 is 1.19 bits per heavy atom. The van der Waals surface area contributed by atoms with E-state index >= 15 is 0 Å².